The highest BCUT2D eigenvalue weighted by Gasteiger charge is 2.27. The van der Waals surface area contributed by atoms with Crippen molar-refractivity contribution in [3.05, 3.63) is 76.6 Å². The molecule has 3 aromatic rings. The largest absolute Gasteiger partial charge is 0.321 e. The van der Waals surface area contributed by atoms with Gasteiger partial charge in [-0.05, 0) is 70.0 Å². The van der Waals surface area contributed by atoms with E-state index in [0.717, 1.165) is 54.1 Å². The minimum atomic E-state index is -0.0873. The number of nitrogens with one attached hydrogen (secondary N) is 2. The zero-order valence-corrected chi connectivity index (χ0v) is 17.3. The van der Waals surface area contributed by atoms with Crippen molar-refractivity contribution in [1.82, 2.24) is 15.1 Å². The number of para-hydroxylation sites is 1. The molecule has 1 aliphatic rings. The van der Waals surface area contributed by atoms with Crippen LogP contribution in [0.3, 0.4) is 0 Å². The van der Waals surface area contributed by atoms with E-state index < -0.39 is 0 Å². The third-order valence-electron chi connectivity index (χ3n) is 5.69. The summed E-state index contributed by atoms with van der Waals surface area (Å²) in [6.07, 6.45) is 3.72. The van der Waals surface area contributed by atoms with Gasteiger partial charge in [0.15, 0.2) is 0 Å². The molecule has 1 saturated heterocycles. The summed E-state index contributed by atoms with van der Waals surface area (Å²) >= 11 is 0. The number of carbonyl (C=O) groups excluding carboxylic acids is 1. The highest BCUT2D eigenvalue weighted by Crippen LogP contribution is 2.31. The van der Waals surface area contributed by atoms with E-state index in [1.807, 2.05) is 48.9 Å². The number of amides is 1. The minimum Gasteiger partial charge on any atom is -0.321 e. The number of anilines is 1. The lowest BCUT2D eigenvalue weighted by molar-refractivity contribution is 0.102. The van der Waals surface area contributed by atoms with Gasteiger partial charge in [0.2, 0.25) is 0 Å². The summed E-state index contributed by atoms with van der Waals surface area (Å²) < 4.78 is 1.94. The second-order valence-corrected chi connectivity index (χ2v) is 7.94. The molecule has 0 radical (unpaired) electrons. The molecule has 0 unspecified atom stereocenters. The smallest absolute Gasteiger partial charge is 0.259 e. The average Bonchev–Trinajstić information content (AvgIpc) is 3.17. The van der Waals surface area contributed by atoms with Gasteiger partial charge in [-0.2, -0.15) is 5.10 Å². The van der Waals surface area contributed by atoms with Crippen molar-refractivity contribution < 1.29 is 4.79 Å². The Hall–Kier alpha value is -2.92. The van der Waals surface area contributed by atoms with Gasteiger partial charge in [-0.3, -0.25) is 4.79 Å². The highest BCUT2D eigenvalue weighted by molar-refractivity contribution is 6.06. The van der Waals surface area contributed by atoms with Gasteiger partial charge in [0, 0.05) is 11.6 Å². The molecule has 1 aromatic heterocycles. The fraction of sp³-hybridized carbons (Fsp3) is 0.333. The van der Waals surface area contributed by atoms with E-state index in [2.05, 4.69) is 34.8 Å². The Labute approximate surface area is 172 Å². The fourth-order valence-corrected chi connectivity index (χ4v) is 4.35. The standard InChI is InChI=1S/C24H28N4O/c1-16-13-17(2)22(18(3)14-16)27-24(29)21-15-26-28(20-7-5-4-6-8-20)23(21)19-9-11-25-12-10-19/h4-8,13-15,19,25H,9-12H2,1-3H3,(H,27,29). The zero-order chi connectivity index (χ0) is 20.4. The van der Waals surface area contributed by atoms with Crippen LogP contribution in [0.4, 0.5) is 5.69 Å². The van der Waals surface area contributed by atoms with Crippen LogP contribution in [0.5, 0.6) is 0 Å². The van der Waals surface area contributed by atoms with Gasteiger partial charge in [-0.25, -0.2) is 4.68 Å². The first-order chi connectivity index (χ1) is 14.0. The second kappa shape index (κ2) is 8.21. The van der Waals surface area contributed by atoms with Crippen LogP contribution in [-0.2, 0) is 0 Å². The molecule has 0 aliphatic carbocycles. The first-order valence-corrected chi connectivity index (χ1v) is 10.3. The van der Waals surface area contributed by atoms with E-state index in [4.69, 9.17) is 0 Å². The van der Waals surface area contributed by atoms with Crippen LogP contribution in [0.25, 0.3) is 5.69 Å². The molecule has 5 heteroatoms. The van der Waals surface area contributed by atoms with Crippen LogP contribution < -0.4 is 10.6 Å². The van der Waals surface area contributed by atoms with Crippen LogP contribution in [-0.4, -0.2) is 28.8 Å². The molecule has 29 heavy (non-hydrogen) atoms. The number of hydrogen-bond acceptors (Lipinski definition) is 3. The van der Waals surface area contributed by atoms with Crippen molar-refractivity contribution in [3.63, 3.8) is 0 Å². The van der Waals surface area contributed by atoms with Crippen molar-refractivity contribution in [2.75, 3.05) is 18.4 Å². The normalized spacial score (nSPS) is 14.7. The molecule has 4 rings (SSSR count). The first-order valence-electron chi connectivity index (χ1n) is 10.3. The molecule has 0 atom stereocenters. The molecular weight excluding hydrogens is 360 g/mol. The SMILES string of the molecule is Cc1cc(C)c(NC(=O)c2cnn(-c3ccccc3)c2C2CCNCC2)c(C)c1. The van der Waals surface area contributed by atoms with E-state index in [9.17, 15) is 4.79 Å². The van der Waals surface area contributed by atoms with Gasteiger partial charge >= 0.3 is 0 Å². The van der Waals surface area contributed by atoms with Gasteiger partial charge < -0.3 is 10.6 Å². The molecule has 1 aliphatic heterocycles. The number of aromatic nitrogens is 2. The number of rotatable bonds is 4. The lowest BCUT2D eigenvalue weighted by Crippen LogP contribution is -2.29. The van der Waals surface area contributed by atoms with Crippen molar-refractivity contribution in [2.24, 2.45) is 0 Å². The van der Waals surface area contributed by atoms with Gasteiger partial charge in [0.1, 0.15) is 0 Å². The monoisotopic (exact) mass is 388 g/mol. The Morgan fingerprint density at radius 2 is 1.72 bits per heavy atom. The summed E-state index contributed by atoms with van der Waals surface area (Å²) in [7, 11) is 0. The molecule has 0 saturated carbocycles. The van der Waals surface area contributed by atoms with Gasteiger partial charge in [0.05, 0.1) is 23.1 Å². The molecule has 2 heterocycles. The number of nitrogens with zero attached hydrogens (tertiary/aromatic N) is 2. The van der Waals surface area contributed by atoms with Crippen LogP contribution in [0.1, 0.15) is 51.5 Å². The molecule has 2 N–H and O–H groups in total. The van der Waals surface area contributed by atoms with Crippen LogP contribution >= 0.6 is 0 Å². The summed E-state index contributed by atoms with van der Waals surface area (Å²) in [5.41, 5.74) is 6.92. The van der Waals surface area contributed by atoms with Crippen LogP contribution in [0, 0.1) is 20.8 Å². The summed E-state index contributed by atoms with van der Waals surface area (Å²) in [4.78, 5) is 13.3. The molecule has 0 spiro atoms. The summed E-state index contributed by atoms with van der Waals surface area (Å²) in [5.74, 6) is 0.218. The lowest BCUT2D eigenvalue weighted by atomic mass is 9.91. The molecule has 5 nitrogen and oxygen atoms in total. The number of carbonyl (C=O) groups is 1. The maximum absolute atomic E-state index is 13.3. The number of benzene rings is 2. The second-order valence-electron chi connectivity index (χ2n) is 7.94. The number of piperidine rings is 1. The Morgan fingerprint density at radius 1 is 1.07 bits per heavy atom. The fourth-order valence-electron chi connectivity index (χ4n) is 4.35. The topological polar surface area (TPSA) is 59.0 Å². The Kier molecular flexibility index (Phi) is 5.49. The summed E-state index contributed by atoms with van der Waals surface area (Å²) in [6.45, 7) is 8.07. The Morgan fingerprint density at radius 3 is 2.38 bits per heavy atom. The van der Waals surface area contributed by atoms with E-state index in [0.29, 0.717) is 11.5 Å². The molecule has 1 fully saturated rings. The predicted octanol–water partition coefficient (Wildman–Crippen LogP) is 4.52. The molecular formula is C24H28N4O. The molecule has 150 valence electrons. The van der Waals surface area contributed by atoms with Crippen molar-refractivity contribution >= 4 is 11.6 Å². The first kappa shape index (κ1) is 19.4. The van der Waals surface area contributed by atoms with Gasteiger partial charge in [0.25, 0.3) is 5.91 Å². The third kappa shape index (κ3) is 3.96. The molecule has 2 aromatic carbocycles. The van der Waals surface area contributed by atoms with E-state index >= 15 is 0 Å². The highest BCUT2D eigenvalue weighted by atomic mass is 16.1. The Balaban J connectivity index is 1.73. The number of hydrogen-bond donors (Lipinski definition) is 2. The van der Waals surface area contributed by atoms with E-state index in [1.54, 1.807) is 6.20 Å². The Bertz CT molecular complexity index is 994. The van der Waals surface area contributed by atoms with Gasteiger partial charge in [-0.1, -0.05) is 35.9 Å². The van der Waals surface area contributed by atoms with Crippen LogP contribution in [0.2, 0.25) is 0 Å². The summed E-state index contributed by atoms with van der Waals surface area (Å²) in [6, 6.07) is 14.3. The van der Waals surface area contributed by atoms with Crippen molar-refractivity contribution in [1.29, 1.82) is 0 Å². The predicted molar refractivity (Wildman–Crippen MR) is 117 cm³/mol. The molecule has 0 bridgehead atoms. The quantitative estimate of drug-likeness (QED) is 0.691. The minimum absolute atomic E-state index is 0.0873. The maximum Gasteiger partial charge on any atom is 0.259 e. The van der Waals surface area contributed by atoms with Gasteiger partial charge in [-0.15, -0.1) is 0 Å². The third-order valence-corrected chi connectivity index (χ3v) is 5.69. The average molecular weight is 389 g/mol. The van der Waals surface area contributed by atoms with E-state index in [1.165, 1.54) is 5.56 Å². The van der Waals surface area contributed by atoms with Crippen molar-refractivity contribution in [2.45, 2.75) is 39.5 Å². The zero-order valence-electron chi connectivity index (χ0n) is 17.3. The maximum atomic E-state index is 13.3. The van der Waals surface area contributed by atoms with Crippen molar-refractivity contribution in [3.8, 4) is 5.69 Å². The number of aryl methyl sites for hydroxylation is 3. The molecule has 1 amide bonds. The lowest BCUT2D eigenvalue weighted by Gasteiger charge is -2.25. The van der Waals surface area contributed by atoms with E-state index in [-0.39, 0.29) is 5.91 Å². The van der Waals surface area contributed by atoms with Crippen LogP contribution in [0.15, 0.2) is 48.7 Å². The summed E-state index contributed by atoms with van der Waals surface area (Å²) in [5, 5.41) is 11.2.